The zero-order valence-corrected chi connectivity index (χ0v) is 13.0. The Bertz CT molecular complexity index is 440. The second-order valence-corrected chi connectivity index (χ2v) is 6.09. The molecule has 1 heterocycles. The predicted molar refractivity (Wildman–Crippen MR) is 78.3 cm³/mol. The zero-order valence-electron chi connectivity index (χ0n) is 13.0. The topological polar surface area (TPSA) is 55.1 Å². The maximum Gasteiger partial charge on any atom is 0.223 e. The summed E-state index contributed by atoms with van der Waals surface area (Å²) in [5, 5.41) is 7.08. The SMILES string of the molecule is CCC1CCC(C(=O)N[C@H](C)c2c(C)noc2C)CC1. The molecule has 0 bridgehead atoms. The van der Waals surface area contributed by atoms with E-state index in [0.29, 0.717) is 0 Å². The first-order chi connectivity index (χ1) is 9.52. The Hall–Kier alpha value is -1.32. The number of nitrogens with one attached hydrogen (secondary N) is 1. The minimum atomic E-state index is -0.0300. The van der Waals surface area contributed by atoms with E-state index in [4.69, 9.17) is 4.52 Å². The van der Waals surface area contributed by atoms with Gasteiger partial charge < -0.3 is 9.84 Å². The van der Waals surface area contributed by atoms with E-state index in [0.717, 1.165) is 35.8 Å². The average molecular weight is 278 g/mol. The molecule has 112 valence electrons. The lowest BCUT2D eigenvalue weighted by Gasteiger charge is -2.28. The normalized spacial score (nSPS) is 24.4. The highest BCUT2D eigenvalue weighted by Crippen LogP contribution is 2.31. The molecule has 1 N–H and O–H groups in total. The third kappa shape index (κ3) is 3.22. The first-order valence-corrected chi connectivity index (χ1v) is 7.76. The molecule has 1 aliphatic rings. The first-order valence-electron chi connectivity index (χ1n) is 7.76. The van der Waals surface area contributed by atoms with Crippen molar-refractivity contribution in [2.45, 2.75) is 65.8 Å². The quantitative estimate of drug-likeness (QED) is 0.914. The molecule has 1 aromatic rings. The van der Waals surface area contributed by atoms with Gasteiger partial charge in [0.25, 0.3) is 0 Å². The molecule has 1 aromatic heterocycles. The van der Waals surface area contributed by atoms with E-state index in [1.807, 2.05) is 20.8 Å². The van der Waals surface area contributed by atoms with Crippen LogP contribution in [0.2, 0.25) is 0 Å². The molecule has 1 aliphatic carbocycles. The lowest BCUT2D eigenvalue weighted by molar-refractivity contribution is -0.126. The Kier molecular flexibility index (Phi) is 4.84. The highest BCUT2D eigenvalue weighted by molar-refractivity contribution is 5.79. The second-order valence-electron chi connectivity index (χ2n) is 6.09. The summed E-state index contributed by atoms with van der Waals surface area (Å²) >= 11 is 0. The number of hydrogen-bond acceptors (Lipinski definition) is 3. The summed E-state index contributed by atoms with van der Waals surface area (Å²) < 4.78 is 5.17. The maximum absolute atomic E-state index is 12.4. The molecule has 1 fully saturated rings. The van der Waals surface area contributed by atoms with Gasteiger partial charge in [-0.15, -0.1) is 0 Å². The fourth-order valence-electron chi connectivity index (χ4n) is 3.34. The number of nitrogens with zero attached hydrogens (tertiary/aromatic N) is 1. The Morgan fingerprint density at radius 3 is 2.50 bits per heavy atom. The van der Waals surface area contributed by atoms with E-state index in [-0.39, 0.29) is 17.9 Å². The number of aromatic nitrogens is 1. The largest absolute Gasteiger partial charge is 0.361 e. The smallest absolute Gasteiger partial charge is 0.223 e. The Labute approximate surface area is 121 Å². The minimum Gasteiger partial charge on any atom is -0.361 e. The van der Waals surface area contributed by atoms with Crippen LogP contribution in [0.5, 0.6) is 0 Å². The van der Waals surface area contributed by atoms with E-state index >= 15 is 0 Å². The van der Waals surface area contributed by atoms with Crippen LogP contribution in [0.15, 0.2) is 4.52 Å². The van der Waals surface area contributed by atoms with E-state index in [2.05, 4.69) is 17.4 Å². The summed E-state index contributed by atoms with van der Waals surface area (Å²) in [7, 11) is 0. The fraction of sp³-hybridized carbons (Fsp3) is 0.750. The van der Waals surface area contributed by atoms with Crippen LogP contribution in [-0.4, -0.2) is 11.1 Å². The third-order valence-corrected chi connectivity index (χ3v) is 4.68. The third-order valence-electron chi connectivity index (χ3n) is 4.68. The van der Waals surface area contributed by atoms with Gasteiger partial charge in [0.05, 0.1) is 11.7 Å². The number of carbonyl (C=O) groups is 1. The molecule has 0 aliphatic heterocycles. The maximum atomic E-state index is 12.4. The molecule has 1 atom stereocenters. The van der Waals surface area contributed by atoms with Gasteiger partial charge in [0.15, 0.2) is 0 Å². The fourth-order valence-corrected chi connectivity index (χ4v) is 3.34. The van der Waals surface area contributed by atoms with Crippen molar-refractivity contribution in [1.82, 2.24) is 10.5 Å². The second kappa shape index (κ2) is 6.42. The zero-order chi connectivity index (χ0) is 14.7. The van der Waals surface area contributed by atoms with Gasteiger partial charge in [-0.05, 0) is 52.4 Å². The van der Waals surface area contributed by atoms with Gasteiger partial charge in [-0.2, -0.15) is 0 Å². The van der Waals surface area contributed by atoms with Crippen LogP contribution in [0.1, 0.15) is 69.0 Å². The Morgan fingerprint density at radius 1 is 1.35 bits per heavy atom. The monoisotopic (exact) mass is 278 g/mol. The van der Waals surface area contributed by atoms with Crippen molar-refractivity contribution >= 4 is 5.91 Å². The minimum absolute atomic E-state index is 0.0300. The van der Waals surface area contributed by atoms with Gasteiger partial charge in [-0.25, -0.2) is 0 Å². The van der Waals surface area contributed by atoms with Crippen molar-refractivity contribution in [2.75, 3.05) is 0 Å². The first kappa shape index (κ1) is 15.1. The number of hydrogen-bond donors (Lipinski definition) is 1. The van der Waals surface area contributed by atoms with Crippen molar-refractivity contribution in [3.63, 3.8) is 0 Å². The lowest BCUT2D eigenvalue weighted by Crippen LogP contribution is -2.35. The molecule has 0 saturated heterocycles. The molecule has 0 spiro atoms. The molecule has 0 aromatic carbocycles. The van der Waals surface area contributed by atoms with Gasteiger partial charge in [0, 0.05) is 11.5 Å². The van der Waals surface area contributed by atoms with E-state index in [1.54, 1.807) is 0 Å². The van der Waals surface area contributed by atoms with Crippen LogP contribution >= 0.6 is 0 Å². The highest BCUT2D eigenvalue weighted by atomic mass is 16.5. The Morgan fingerprint density at radius 2 is 2.00 bits per heavy atom. The number of rotatable bonds is 4. The summed E-state index contributed by atoms with van der Waals surface area (Å²) in [5.41, 5.74) is 1.88. The van der Waals surface area contributed by atoms with Gasteiger partial charge in [0.1, 0.15) is 5.76 Å². The van der Waals surface area contributed by atoms with E-state index in [9.17, 15) is 4.79 Å². The van der Waals surface area contributed by atoms with Gasteiger partial charge in [-0.1, -0.05) is 18.5 Å². The number of carbonyl (C=O) groups excluding carboxylic acids is 1. The van der Waals surface area contributed by atoms with Crippen LogP contribution in [0.25, 0.3) is 0 Å². The molecule has 2 rings (SSSR count). The van der Waals surface area contributed by atoms with Crippen LogP contribution in [0.4, 0.5) is 0 Å². The summed E-state index contributed by atoms with van der Waals surface area (Å²) in [6.45, 7) is 8.05. The predicted octanol–water partition coefficient (Wildman–Crippen LogP) is 3.69. The molecule has 4 nitrogen and oxygen atoms in total. The standard InChI is InChI=1S/C16H26N2O2/c1-5-13-6-8-14(9-7-13)16(19)17-10(2)15-11(3)18-20-12(15)4/h10,13-14H,5-9H2,1-4H3,(H,17,19)/t10-,13?,14?/m1/s1. The summed E-state index contributed by atoms with van der Waals surface area (Å²) in [5.74, 6) is 1.98. The Balaban J connectivity index is 1.92. The number of aryl methyl sites for hydroxylation is 2. The molecule has 0 radical (unpaired) electrons. The number of amides is 1. The van der Waals surface area contributed by atoms with Crippen molar-refractivity contribution in [2.24, 2.45) is 11.8 Å². The summed E-state index contributed by atoms with van der Waals surface area (Å²) in [6, 6.07) is -0.0300. The average Bonchev–Trinajstić information content (AvgIpc) is 2.78. The van der Waals surface area contributed by atoms with Gasteiger partial charge >= 0.3 is 0 Å². The molecule has 4 heteroatoms. The van der Waals surface area contributed by atoms with Crippen LogP contribution in [-0.2, 0) is 4.79 Å². The van der Waals surface area contributed by atoms with Crippen LogP contribution < -0.4 is 5.32 Å². The van der Waals surface area contributed by atoms with Crippen molar-refractivity contribution in [3.8, 4) is 0 Å². The van der Waals surface area contributed by atoms with Crippen LogP contribution in [0.3, 0.4) is 0 Å². The lowest BCUT2D eigenvalue weighted by atomic mass is 9.80. The molecular formula is C16H26N2O2. The van der Waals surface area contributed by atoms with Crippen molar-refractivity contribution in [1.29, 1.82) is 0 Å². The van der Waals surface area contributed by atoms with E-state index in [1.165, 1.54) is 19.3 Å². The van der Waals surface area contributed by atoms with Crippen LogP contribution in [0, 0.1) is 25.7 Å². The molecule has 0 unspecified atom stereocenters. The van der Waals surface area contributed by atoms with Gasteiger partial charge in [-0.3, -0.25) is 4.79 Å². The molecule has 20 heavy (non-hydrogen) atoms. The van der Waals surface area contributed by atoms with Crippen molar-refractivity contribution in [3.05, 3.63) is 17.0 Å². The molecular weight excluding hydrogens is 252 g/mol. The molecule has 1 saturated carbocycles. The van der Waals surface area contributed by atoms with Gasteiger partial charge in [0.2, 0.25) is 5.91 Å². The van der Waals surface area contributed by atoms with E-state index < -0.39 is 0 Å². The molecule has 1 amide bonds. The van der Waals surface area contributed by atoms with Crippen molar-refractivity contribution < 1.29 is 9.32 Å². The summed E-state index contributed by atoms with van der Waals surface area (Å²) in [4.78, 5) is 12.4. The highest BCUT2D eigenvalue weighted by Gasteiger charge is 2.27. The summed E-state index contributed by atoms with van der Waals surface area (Å²) in [6.07, 6.45) is 5.67.